The standard InChI is InChI=1S/C24H40O5/c1-3-5-6-8-11-15-20(14-4-2)16-12-9-7-10-13-18-29-24(27)22-21(23(25)26)17-19-28-22/h17,19-20H,3-16,18H2,1-2H3,(H,25,26). The summed E-state index contributed by atoms with van der Waals surface area (Å²) in [6.45, 7) is 4.85. The second-order valence-corrected chi connectivity index (χ2v) is 8.02. The molecule has 1 unspecified atom stereocenters. The molecule has 1 atom stereocenters. The maximum absolute atomic E-state index is 11.9. The number of aromatic carboxylic acids is 1. The summed E-state index contributed by atoms with van der Waals surface area (Å²) in [6.07, 6.45) is 18.9. The van der Waals surface area contributed by atoms with Gasteiger partial charge in [-0.05, 0) is 18.4 Å². The fourth-order valence-electron chi connectivity index (χ4n) is 3.81. The number of hydrogen-bond acceptors (Lipinski definition) is 4. The minimum atomic E-state index is -1.19. The molecule has 0 saturated heterocycles. The van der Waals surface area contributed by atoms with Crippen molar-refractivity contribution in [3.05, 3.63) is 23.7 Å². The molecule has 1 rings (SSSR count). The van der Waals surface area contributed by atoms with E-state index in [4.69, 9.17) is 14.3 Å². The van der Waals surface area contributed by atoms with Crippen LogP contribution < -0.4 is 0 Å². The summed E-state index contributed by atoms with van der Waals surface area (Å²) in [6, 6.07) is 1.26. The van der Waals surface area contributed by atoms with Crippen molar-refractivity contribution < 1.29 is 23.8 Å². The monoisotopic (exact) mass is 408 g/mol. The van der Waals surface area contributed by atoms with Crippen LogP contribution in [0, 0.1) is 5.92 Å². The number of carboxylic acid groups (broad SMARTS) is 1. The highest BCUT2D eigenvalue weighted by molar-refractivity contribution is 6.00. The Hall–Kier alpha value is -1.78. The number of carbonyl (C=O) groups is 2. The van der Waals surface area contributed by atoms with E-state index in [1.807, 2.05) is 0 Å². The molecule has 166 valence electrons. The Morgan fingerprint density at radius 3 is 2.14 bits per heavy atom. The van der Waals surface area contributed by atoms with E-state index in [0.29, 0.717) is 6.61 Å². The summed E-state index contributed by atoms with van der Waals surface area (Å²) in [7, 11) is 0. The molecule has 0 spiro atoms. The van der Waals surface area contributed by atoms with Crippen molar-refractivity contribution in [3.63, 3.8) is 0 Å². The van der Waals surface area contributed by atoms with Crippen molar-refractivity contribution in [2.75, 3.05) is 6.61 Å². The minimum Gasteiger partial charge on any atom is -0.478 e. The highest BCUT2D eigenvalue weighted by Crippen LogP contribution is 2.23. The lowest BCUT2D eigenvalue weighted by atomic mass is 9.91. The van der Waals surface area contributed by atoms with Crippen LogP contribution in [0.3, 0.4) is 0 Å². The van der Waals surface area contributed by atoms with E-state index in [0.717, 1.165) is 25.2 Å². The van der Waals surface area contributed by atoms with E-state index in [9.17, 15) is 9.59 Å². The van der Waals surface area contributed by atoms with Gasteiger partial charge in [0, 0.05) is 0 Å². The van der Waals surface area contributed by atoms with Gasteiger partial charge in [0.1, 0.15) is 5.56 Å². The van der Waals surface area contributed by atoms with Crippen molar-refractivity contribution in [2.24, 2.45) is 5.92 Å². The van der Waals surface area contributed by atoms with E-state index >= 15 is 0 Å². The van der Waals surface area contributed by atoms with Gasteiger partial charge in [-0.15, -0.1) is 0 Å². The van der Waals surface area contributed by atoms with Crippen molar-refractivity contribution in [3.8, 4) is 0 Å². The molecular weight excluding hydrogens is 368 g/mol. The summed E-state index contributed by atoms with van der Waals surface area (Å²) in [4.78, 5) is 22.9. The molecule has 0 radical (unpaired) electrons. The van der Waals surface area contributed by atoms with Crippen molar-refractivity contribution in [1.82, 2.24) is 0 Å². The van der Waals surface area contributed by atoms with Gasteiger partial charge < -0.3 is 14.3 Å². The Kier molecular flexibility index (Phi) is 14.0. The smallest absolute Gasteiger partial charge is 0.375 e. The SMILES string of the molecule is CCCCCCCC(CCC)CCCCCCCOC(=O)c1occc1C(=O)O. The molecule has 29 heavy (non-hydrogen) atoms. The number of carboxylic acids is 1. The molecule has 0 fully saturated rings. The summed E-state index contributed by atoms with van der Waals surface area (Å²) in [5.41, 5.74) is -0.151. The maximum atomic E-state index is 11.9. The third-order valence-electron chi connectivity index (χ3n) is 5.48. The highest BCUT2D eigenvalue weighted by Gasteiger charge is 2.21. The van der Waals surface area contributed by atoms with Gasteiger partial charge in [0.25, 0.3) is 0 Å². The van der Waals surface area contributed by atoms with Crippen LogP contribution in [0.25, 0.3) is 0 Å². The molecule has 1 heterocycles. The Morgan fingerprint density at radius 2 is 1.52 bits per heavy atom. The van der Waals surface area contributed by atoms with Crippen LogP contribution in [0.5, 0.6) is 0 Å². The fraction of sp³-hybridized carbons (Fsp3) is 0.750. The lowest BCUT2D eigenvalue weighted by Crippen LogP contribution is -2.10. The average Bonchev–Trinajstić information content (AvgIpc) is 3.20. The number of rotatable bonds is 18. The Morgan fingerprint density at radius 1 is 0.897 bits per heavy atom. The van der Waals surface area contributed by atoms with Crippen molar-refractivity contribution in [1.29, 1.82) is 0 Å². The maximum Gasteiger partial charge on any atom is 0.375 e. The first-order valence-corrected chi connectivity index (χ1v) is 11.6. The first-order valence-electron chi connectivity index (χ1n) is 11.6. The Labute approximate surface area is 176 Å². The molecule has 0 amide bonds. The number of carbonyl (C=O) groups excluding carboxylic acids is 1. The zero-order chi connectivity index (χ0) is 21.3. The largest absolute Gasteiger partial charge is 0.478 e. The molecule has 1 aromatic heterocycles. The zero-order valence-electron chi connectivity index (χ0n) is 18.4. The lowest BCUT2D eigenvalue weighted by molar-refractivity contribution is 0.0450. The Balaban J connectivity index is 2.07. The molecule has 0 aliphatic heterocycles. The topological polar surface area (TPSA) is 76.7 Å². The quantitative estimate of drug-likeness (QED) is 0.204. The van der Waals surface area contributed by atoms with Crippen molar-refractivity contribution >= 4 is 11.9 Å². The van der Waals surface area contributed by atoms with Crippen molar-refractivity contribution in [2.45, 2.75) is 104 Å². The Bertz CT molecular complexity index is 563. The fourth-order valence-corrected chi connectivity index (χ4v) is 3.81. The molecule has 0 aliphatic rings. The van der Waals surface area contributed by atoms with Crippen LogP contribution in [0.1, 0.15) is 125 Å². The summed E-state index contributed by atoms with van der Waals surface area (Å²) in [5.74, 6) is -1.23. The lowest BCUT2D eigenvalue weighted by Gasteiger charge is -2.16. The zero-order valence-corrected chi connectivity index (χ0v) is 18.4. The van der Waals surface area contributed by atoms with Gasteiger partial charge in [-0.1, -0.05) is 97.3 Å². The van der Waals surface area contributed by atoms with E-state index in [1.165, 1.54) is 83.0 Å². The predicted molar refractivity (Wildman–Crippen MR) is 115 cm³/mol. The van der Waals surface area contributed by atoms with E-state index in [1.54, 1.807) is 0 Å². The second kappa shape index (κ2) is 16.1. The molecule has 1 N–H and O–H groups in total. The van der Waals surface area contributed by atoms with Gasteiger partial charge in [0.2, 0.25) is 5.76 Å². The van der Waals surface area contributed by atoms with E-state index in [2.05, 4.69) is 13.8 Å². The number of hydrogen-bond donors (Lipinski definition) is 1. The average molecular weight is 409 g/mol. The second-order valence-electron chi connectivity index (χ2n) is 8.02. The minimum absolute atomic E-state index is 0.151. The normalized spacial score (nSPS) is 12.1. The molecule has 0 aromatic carbocycles. The number of esters is 1. The van der Waals surface area contributed by atoms with E-state index in [-0.39, 0.29) is 11.3 Å². The van der Waals surface area contributed by atoms with Crippen LogP contribution in [-0.4, -0.2) is 23.7 Å². The molecule has 0 saturated carbocycles. The van der Waals surface area contributed by atoms with Crippen LogP contribution in [0.2, 0.25) is 0 Å². The molecular formula is C24H40O5. The summed E-state index contributed by atoms with van der Waals surface area (Å²) < 4.78 is 10.1. The number of furan rings is 1. The van der Waals surface area contributed by atoms with Crippen LogP contribution in [-0.2, 0) is 4.74 Å². The molecule has 5 nitrogen and oxygen atoms in total. The molecule has 5 heteroatoms. The summed E-state index contributed by atoms with van der Waals surface area (Å²) >= 11 is 0. The predicted octanol–water partition coefficient (Wildman–Crippen LogP) is 7.25. The third-order valence-corrected chi connectivity index (χ3v) is 5.48. The molecule has 1 aromatic rings. The van der Waals surface area contributed by atoms with Gasteiger partial charge >= 0.3 is 11.9 Å². The third kappa shape index (κ3) is 11.1. The number of ether oxygens (including phenoxy) is 1. The van der Waals surface area contributed by atoms with Gasteiger partial charge in [-0.2, -0.15) is 0 Å². The van der Waals surface area contributed by atoms with Crippen LogP contribution in [0.15, 0.2) is 16.7 Å². The van der Waals surface area contributed by atoms with Gasteiger partial charge in [-0.25, -0.2) is 9.59 Å². The number of unbranched alkanes of at least 4 members (excludes halogenated alkanes) is 8. The molecule has 0 aliphatic carbocycles. The highest BCUT2D eigenvalue weighted by atomic mass is 16.5. The first-order chi connectivity index (χ1) is 14.1. The van der Waals surface area contributed by atoms with Gasteiger partial charge in [0.15, 0.2) is 0 Å². The summed E-state index contributed by atoms with van der Waals surface area (Å²) in [5, 5.41) is 8.98. The van der Waals surface area contributed by atoms with Crippen LogP contribution in [0.4, 0.5) is 0 Å². The van der Waals surface area contributed by atoms with Crippen LogP contribution >= 0.6 is 0 Å². The first kappa shape index (κ1) is 25.3. The van der Waals surface area contributed by atoms with E-state index < -0.39 is 11.9 Å². The molecule has 0 bridgehead atoms. The van der Waals surface area contributed by atoms with Gasteiger partial charge in [-0.3, -0.25) is 0 Å². The van der Waals surface area contributed by atoms with Gasteiger partial charge in [0.05, 0.1) is 12.9 Å².